The molecule has 0 spiro atoms. The van der Waals surface area contributed by atoms with E-state index < -0.39 is 6.04 Å². The number of carbonyl (C=O) groups excluding carboxylic acids is 3. The summed E-state index contributed by atoms with van der Waals surface area (Å²) in [6.45, 7) is 1.70. The average Bonchev–Trinajstić information content (AvgIpc) is 3.09. The van der Waals surface area contributed by atoms with Crippen LogP contribution in [0.3, 0.4) is 0 Å². The molecule has 150 valence electrons. The number of carbonyl (C=O) groups is 3. The van der Waals surface area contributed by atoms with Gasteiger partial charge in [-0.05, 0) is 25.1 Å². The molecule has 1 aliphatic heterocycles. The quantitative estimate of drug-likeness (QED) is 0.472. The summed E-state index contributed by atoms with van der Waals surface area (Å²) in [4.78, 5) is 38.8. The van der Waals surface area contributed by atoms with E-state index in [1.165, 1.54) is 5.01 Å². The van der Waals surface area contributed by atoms with Crippen molar-refractivity contribution in [3.05, 3.63) is 95.1 Å². The van der Waals surface area contributed by atoms with Crippen molar-refractivity contribution in [2.24, 2.45) is 15.3 Å². The normalized spacial score (nSPS) is 17.7. The van der Waals surface area contributed by atoms with Crippen LogP contribution in [0.4, 0.5) is 11.4 Å². The maximum absolute atomic E-state index is 13.1. The number of ketones is 2. The van der Waals surface area contributed by atoms with Gasteiger partial charge in [0.25, 0.3) is 5.91 Å². The number of nitrogens with zero attached hydrogens (tertiary/aromatic N) is 4. The maximum atomic E-state index is 13.1. The fraction of sp³-hybridized carbons (Fsp3) is 0.0833. The van der Waals surface area contributed by atoms with Crippen molar-refractivity contribution < 1.29 is 14.4 Å². The molecule has 1 aliphatic carbocycles. The highest BCUT2D eigenvalue weighted by Crippen LogP contribution is 2.34. The highest BCUT2D eigenvalue weighted by Gasteiger charge is 2.35. The van der Waals surface area contributed by atoms with E-state index in [1.807, 2.05) is 18.2 Å². The summed E-state index contributed by atoms with van der Waals surface area (Å²) in [5, 5.41) is 14.0. The highest BCUT2D eigenvalue weighted by molar-refractivity contribution is 6.30. The fourth-order valence-electron chi connectivity index (χ4n) is 3.77. The third kappa shape index (κ3) is 2.98. The number of rotatable bonds is 3. The molecule has 7 nitrogen and oxygen atoms in total. The number of anilines is 1. The van der Waals surface area contributed by atoms with E-state index >= 15 is 0 Å². The van der Waals surface area contributed by atoms with E-state index in [4.69, 9.17) is 0 Å². The van der Waals surface area contributed by atoms with Crippen LogP contribution >= 0.6 is 0 Å². The molecule has 1 atom stereocenters. The second-order valence-electron chi connectivity index (χ2n) is 7.25. The average molecular weight is 408 g/mol. The highest BCUT2D eigenvalue weighted by atomic mass is 16.2. The van der Waals surface area contributed by atoms with Gasteiger partial charge < -0.3 is 0 Å². The number of amides is 1. The first-order valence-corrected chi connectivity index (χ1v) is 9.72. The molecule has 31 heavy (non-hydrogen) atoms. The van der Waals surface area contributed by atoms with E-state index in [9.17, 15) is 14.4 Å². The van der Waals surface area contributed by atoms with Crippen molar-refractivity contribution in [3.63, 3.8) is 0 Å². The fourth-order valence-corrected chi connectivity index (χ4v) is 3.77. The molecule has 0 N–H and O–H groups in total. The van der Waals surface area contributed by atoms with Crippen LogP contribution in [0.1, 0.15) is 38.8 Å². The number of hydrazone groups is 1. The molecular weight excluding hydrogens is 392 g/mol. The van der Waals surface area contributed by atoms with Gasteiger partial charge in [-0.2, -0.15) is 20.3 Å². The summed E-state index contributed by atoms with van der Waals surface area (Å²) in [5.74, 6) is -0.842. The summed E-state index contributed by atoms with van der Waals surface area (Å²) in [7, 11) is 0. The van der Waals surface area contributed by atoms with Gasteiger partial charge in [0.2, 0.25) is 0 Å². The molecule has 0 bridgehead atoms. The topological polar surface area (TPSA) is 91.5 Å². The second-order valence-corrected chi connectivity index (χ2v) is 7.25. The number of hydrogen-bond acceptors (Lipinski definition) is 6. The zero-order chi connectivity index (χ0) is 21.5. The first-order valence-electron chi connectivity index (χ1n) is 9.72. The van der Waals surface area contributed by atoms with Gasteiger partial charge in [-0.25, -0.2) is 0 Å². The Labute approximate surface area is 177 Å². The van der Waals surface area contributed by atoms with Crippen molar-refractivity contribution in [2.75, 3.05) is 5.01 Å². The lowest BCUT2D eigenvalue weighted by atomic mass is 9.83. The Morgan fingerprint density at radius 3 is 2.16 bits per heavy atom. The minimum Gasteiger partial charge on any atom is -0.289 e. The van der Waals surface area contributed by atoms with Crippen LogP contribution in [-0.4, -0.2) is 29.2 Å². The predicted molar refractivity (Wildman–Crippen MR) is 115 cm³/mol. The number of azo groups is 1. The first kappa shape index (κ1) is 18.7. The van der Waals surface area contributed by atoms with Crippen LogP contribution in [0.25, 0.3) is 0 Å². The van der Waals surface area contributed by atoms with Crippen molar-refractivity contribution >= 4 is 34.6 Å². The van der Waals surface area contributed by atoms with Crippen LogP contribution in [-0.2, 0) is 4.79 Å². The van der Waals surface area contributed by atoms with Gasteiger partial charge in [0.15, 0.2) is 17.6 Å². The zero-order valence-corrected chi connectivity index (χ0v) is 16.5. The molecule has 3 aromatic rings. The Hall–Kier alpha value is -4.26. The van der Waals surface area contributed by atoms with Gasteiger partial charge in [-0.1, -0.05) is 54.6 Å². The molecule has 0 unspecified atom stereocenters. The Morgan fingerprint density at radius 2 is 1.42 bits per heavy atom. The molecule has 0 aromatic heterocycles. The molecule has 0 radical (unpaired) electrons. The third-order valence-corrected chi connectivity index (χ3v) is 5.31. The molecular formula is C24H16N4O3. The molecule has 5 rings (SSSR count). The van der Waals surface area contributed by atoms with Gasteiger partial charge in [0.1, 0.15) is 0 Å². The van der Waals surface area contributed by atoms with Crippen molar-refractivity contribution in [1.29, 1.82) is 0 Å². The van der Waals surface area contributed by atoms with Gasteiger partial charge in [-0.3, -0.25) is 14.4 Å². The first-order chi connectivity index (χ1) is 15.1. The molecule has 1 heterocycles. The van der Waals surface area contributed by atoms with Crippen LogP contribution in [0, 0.1) is 0 Å². The Balaban J connectivity index is 1.50. The summed E-state index contributed by atoms with van der Waals surface area (Å²) >= 11 is 0. The standard InChI is InChI=1S/C24H16N4O3/c1-14-21(24(31)28(27-14)15-8-3-2-4-9-15)26-25-19-13-7-12-18-20(19)23(30)17-11-6-5-10-16(17)22(18)29/h2-13,21H,1H3/t21-/m1/s1. The van der Waals surface area contributed by atoms with Crippen LogP contribution in [0.5, 0.6) is 0 Å². The van der Waals surface area contributed by atoms with Gasteiger partial charge in [0.05, 0.1) is 22.6 Å². The Bertz CT molecular complexity index is 1310. The zero-order valence-electron chi connectivity index (χ0n) is 16.5. The van der Waals surface area contributed by atoms with E-state index in [-0.39, 0.29) is 34.3 Å². The minimum atomic E-state index is -0.891. The minimum absolute atomic E-state index is 0.204. The lowest BCUT2D eigenvalue weighted by Gasteiger charge is -2.18. The number of benzene rings is 3. The van der Waals surface area contributed by atoms with Gasteiger partial charge >= 0.3 is 0 Å². The third-order valence-electron chi connectivity index (χ3n) is 5.31. The Morgan fingerprint density at radius 1 is 0.774 bits per heavy atom. The van der Waals surface area contributed by atoms with Crippen LogP contribution in [0.15, 0.2) is 88.1 Å². The van der Waals surface area contributed by atoms with Crippen LogP contribution < -0.4 is 5.01 Å². The van der Waals surface area contributed by atoms with E-state index in [0.29, 0.717) is 22.5 Å². The van der Waals surface area contributed by atoms with E-state index in [2.05, 4.69) is 15.3 Å². The summed E-state index contributed by atoms with van der Waals surface area (Å²) in [6, 6.07) is 19.7. The molecule has 1 amide bonds. The molecule has 0 saturated heterocycles. The van der Waals surface area contributed by atoms with Crippen molar-refractivity contribution in [2.45, 2.75) is 13.0 Å². The van der Waals surface area contributed by atoms with E-state index in [0.717, 1.165) is 0 Å². The predicted octanol–water partition coefficient (Wildman–Crippen LogP) is 4.34. The van der Waals surface area contributed by atoms with Gasteiger partial charge in [0, 0.05) is 16.7 Å². The molecule has 0 saturated carbocycles. The molecule has 3 aromatic carbocycles. The second kappa shape index (κ2) is 7.21. The van der Waals surface area contributed by atoms with Crippen molar-refractivity contribution in [3.8, 4) is 0 Å². The smallest absolute Gasteiger partial charge is 0.280 e. The van der Waals surface area contributed by atoms with E-state index in [1.54, 1.807) is 61.5 Å². The van der Waals surface area contributed by atoms with Crippen LogP contribution in [0.2, 0.25) is 0 Å². The summed E-state index contributed by atoms with van der Waals surface area (Å²) in [6.07, 6.45) is 0. The monoisotopic (exact) mass is 408 g/mol. The van der Waals surface area contributed by atoms with Crippen molar-refractivity contribution in [1.82, 2.24) is 0 Å². The maximum Gasteiger partial charge on any atom is 0.280 e. The number of fused-ring (bicyclic) bond motifs is 2. The number of para-hydroxylation sites is 1. The summed E-state index contributed by atoms with van der Waals surface area (Å²) < 4.78 is 0. The molecule has 7 heteroatoms. The SMILES string of the molecule is CC1=NN(c2ccccc2)C(=O)[C@@H]1N=Nc1cccc2c1C(=O)c1ccccc1C2=O. The Kier molecular flexibility index (Phi) is 4.36. The lowest BCUT2D eigenvalue weighted by molar-refractivity contribution is -0.117. The lowest BCUT2D eigenvalue weighted by Crippen LogP contribution is -2.29. The summed E-state index contributed by atoms with van der Waals surface area (Å²) in [5.41, 5.74) is 2.59. The largest absolute Gasteiger partial charge is 0.289 e. The number of hydrogen-bond donors (Lipinski definition) is 0. The molecule has 2 aliphatic rings. The van der Waals surface area contributed by atoms with Gasteiger partial charge in [-0.15, -0.1) is 0 Å². The molecule has 0 fully saturated rings.